The van der Waals surface area contributed by atoms with E-state index in [1.165, 1.54) is 0 Å². The zero-order valence-electron chi connectivity index (χ0n) is 10.7. The number of rotatable bonds is 4. The molecule has 0 aromatic carbocycles. The lowest BCUT2D eigenvalue weighted by Crippen LogP contribution is -2.43. The minimum atomic E-state index is -0.786. The summed E-state index contributed by atoms with van der Waals surface area (Å²) < 4.78 is 0. The van der Waals surface area contributed by atoms with Gasteiger partial charge in [0, 0.05) is 6.04 Å². The lowest BCUT2D eigenvalue weighted by atomic mass is 9.80. The van der Waals surface area contributed by atoms with Crippen LogP contribution in [0.15, 0.2) is 12.7 Å². The summed E-state index contributed by atoms with van der Waals surface area (Å²) in [6, 6.07) is 2.33. The van der Waals surface area contributed by atoms with Crippen LogP contribution in [0.5, 0.6) is 0 Å². The van der Waals surface area contributed by atoms with E-state index in [0.717, 1.165) is 32.1 Å². The highest BCUT2D eigenvalue weighted by Gasteiger charge is 2.39. The number of carbonyl (C=O) groups excluding carboxylic acids is 1. The fourth-order valence-electron chi connectivity index (χ4n) is 2.39. The van der Waals surface area contributed by atoms with E-state index in [9.17, 15) is 10.1 Å². The Hall–Kier alpha value is -1.30. The zero-order valence-corrected chi connectivity index (χ0v) is 10.7. The minimum Gasteiger partial charge on any atom is -0.352 e. The van der Waals surface area contributed by atoms with E-state index >= 15 is 0 Å². The van der Waals surface area contributed by atoms with E-state index in [4.69, 9.17) is 0 Å². The Labute approximate surface area is 104 Å². The van der Waals surface area contributed by atoms with Gasteiger partial charge in [0.2, 0.25) is 5.91 Å². The minimum absolute atomic E-state index is 0.0634. The summed E-state index contributed by atoms with van der Waals surface area (Å²) in [4.78, 5) is 12.2. The molecule has 1 N–H and O–H groups in total. The van der Waals surface area contributed by atoms with Crippen molar-refractivity contribution in [2.24, 2.45) is 5.41 Å². The summed E-state index contributed by atoms with van der Waals surface area (Å²) in [7, 11) is 0. The quantitative estimate of drug-likeness (QED) is 0.600. The first-order chi connectivity index (χ1) is 8.14. The maximum absolute atomic E-state index is 12.2. The van der Waals surface area contributed by atoms with Gasteiger partial charge in [-0.05, 0) is 26.2 Å². The van der Waals surface area contributed by atoms with Crippen molar-refractivity contribution in [3.8, 4) is 6.07 Å². The molecule has 0 spiro atoms. The Bertz CT molecular complexity index is 309. The topological polar surface area (TPSA) is 52.9 Å². The molecular formula is C14H22N2O. The van der Waals surface area contributed by atoms with E-state index in [0.29, 0.717) is 12.8 Å². The summed E-state index contributed by atoms with van der Waals surface area (Å²) in [5, 5.41) is 12.3. The predicted molar refractivity (Wildman–Crippen MR) is 68.2 cm³/mol. The van der Waals surface area contributed by atoms with Gasteiger partial charge in [-0.15, -0.1) is 6.58 Å². The number of nitrogens with one attached hydrogen (secondary N) is 1. The summed E-state index contributed by atoms with van der Waals surface area (Å²) in [6.07, 6.45) is 8.18. The third-order valence-electron chi connectivity index (χ3n) is 3.50. The van der Waals surface area contributed by atoms with Gasteiger partial charge in [0.05, 0.1) is 6.07 Å². The van der Waals surface area contributed by atoms with Crippen LogP contribution in [-0.4, -0.2) is 11.9 Å². The van der Waals surface area contributed by atoms with Gasteiger partial charge in [-0.3, -0.25) is 4.79 Å². The van der Waals surface area contributed by atoms with Crippen molar-refractivity contribution in [1.82, 2.24) is 5.32 Å². The molecule has 1 fully saturated rings. The third-order valence-corrected chi connectivity index (χ3v) is 3.50. The summed E-state index contributed by atoms with van der Waals surface area (Å²) in [6.45, 7) is 5.60. The molecule has 0 aromatic rings. The average Bonchev–Trinajstić information content (AvgIpc) is 2.55. The molecule has 1 atom stereocenters. The zero-order chi connectivity index (χ0) is 12.7. The Morgan fingerprint density at radius 3 is 2.53 bits per heavy atom. The van der Waals surface area contributed by atoms with Crippen molar-refractivity contribution in [1.29, 1.82) is 5.26 Å². The molecule has 0 saturated heterocycles. The molecule has 1 amide bonds. The van der Waals surface area contributed by atoms with Crippen molar-refractivity contribution >= 4 is 5.91 Å². The number of hydrogen-bond donors (Lipinski definition) is 1. The van der Waals surface area contributed by atoms with Crippen LogP contribution in [0.2, 0.25) is 0 Å². The maximum Gasteiger partial charge on any atom is 0.240 e. The smallest absolute Gasteiger partial charge is 0.240 e. The second kappa shape index (κ2) is 6.44. The highest BCUT2D eigenvalue weighted by molar-refractivity contribution is 5.85. The second-order valence-electron chi connectivity index (χ2n) is 5.01. The molecule has 94 valence electrons. The molecular weight excluding hydrogens is 212 g/mol. The van der Waals surface area contributed by atoms with E-state index < -0.39 is 5.41 Å². The van der Waals surface area contributed by atoms with Gasteiger partial charge < -0.3 is 5.32 Å². The fraction of sp³-hybridized carbons (Fsp3) is 0.714. The number of amides is 1. The van der Waals surface area contributed by atoms with E-state index in [1.807, 2.05) is 6.92 Å². The molecule has 0 heterocycles. The molecule has 0 aromatic heterocycles. The largest absolute Gasteiger partial charge is 0.352 e. The number of hydrogen-bond acceptors (Lipinski definition) is 2. The van der Waals surface area contributed by atoms with E-state index in [-0.39, 0.29) is 11.9 Å². The molecule has 1 saturated carbocycles. The lowest BCUT2D eigenvalue weighted by molar-refractivity contribution is -0.129. The van der Waals surface area contributed by atoms with Crippen molar-refractivity contribution < 1.29 is 4.79 Å². The third kappa shape index (κ3) is 3.59. The molecule has 1 unspecified atom stereocenters. The van der Waals surface area contributed by atoms with Gasteiger partial charge in [0.1, 0.15) is 5.41 Å². The van der Waals surface area contributed by atoms with Crippen molar-refractivity contribution in [2.75, 3.05) is 0 Å². The van der Waals surface area contributed by atoms with Crippen LogP contribution >= 0.6 is 0 Å². The standard InChI is InChI=1S/C14H22N2O/c1-3-8-12(2)16-13(17)14(11-15)9-6-4-5-7-10-14/h3,12H,1,4-10H2,2H3,(H,16,17). The molecule has 3 nitrogen and oxygen atoms in total. The normalized spacial score (nSPS) is 20.7. The summed E-state index contributed by atoms with van der Waals surface area (Å²) in [5.74, 6) is -0.0868. The van der Waals surface area contributed by atoms with Crippen LogP contribution in [0.25, 0.3) is 0 Å². The van der Waals surface area contributed by atoms with E-state index in [1.54, 1.807) is 6.08 Å². The van der Waals surface area contributed by atoms with Gasteiger partial charge in [-0.25, -0.2) is 0 Å². The SMILES string of the molecule is C=CCC(C)NC(=O)C1(C#N)CCCCCC1. The average molecular weight is 234 g/mol. The number of carbonyl (C=O) groups is 1. The first-order valence-corrected chi connectivity index (χ1v) is 6.48. The molecule has 1 aliphatic carbocycles. The van der Waals surface area contributed by atoms with Gasteiger partial charge >= 0.3 is 0 Å². The molecule has 17 heavy (non-hydrogen) atoms. The predicted octanol–water partition coefficient (Wildman–Crippen LogP) is 2.93. The molecule has 1 aliphatic rings. The van der Waals surface area contributed by atoms with Crippen LogP contribution in [-0.2, 0) is 4.79 Å². The molecule has 0 radical (unpaired) electrons. The number of nitriles is 1. The monoisotopic (exact) mass is 234 g/mol. The van der Waals surface area contributed by atoms with Gasteiger partial charge in [0.25, 0.3) is 0 Å². The Balaban J connectivity index is 2.68. The highest BCUT2D eigenvalue weighted by atomic mass is 16.2. The van der Waals surface area contributed by atoms with Gasteiger partial charge in [0.15, 0.2) is 0 Å². The van der Waals surface area contributed by atoms with Crippen LogP contribution in [0, 0.1) is 16.7 Å². The van der Waals surface area contributed by atoms with Crippen LogP contribution in [0.1, 0.15) is 51.9 Å². The van der Waals surface area contributed by atoms with Crippen LogP contribution < -0.4 is 5.32 Å². The van der Waals surface area contributed by atoms with Crippen LogP contribution in [0.3, 0.4) is 0 Å². The summed E-state index contributed by atoms with van der Waals surface area (Å²) >= 11 is 0. The lowest BCUT2D eigenvalue weighted by Gasteiger charge is -2.25. The van der Waals surface area contributed by atoms with Gasteiger partial charge in [-0.2, -0.15) is 5.26 Å². The molecule has 0 bridgehead atoms. The van der Waals surface area contributed by atoms with Crippen molar-refractivity contribution in [3.63, 3.8) is 0 Å². The second-order valence-corrected chi connectivity index (χ2v) is 5.01. The first kappa shape index (κ1) is 13.8. The molecule has 0 aliphatic heterocycles. The Morgan fingerprint density at radius 1 is 1.47 bits per heavy atom. The fourth-order valence-corrected chi connectivity index (χ4v) is 2.39. The summed E-state index contributed by atoms with van der Waals surface area (Å²) in [5.41, 5.74) is -0.786. The Morgan fingerprint density at radius 2 is 2.06 bits per heavy atom. The van der Waals surface area contributed by atoms with Crippen molar-refractivity contribution in [3.05, 3.63) is 12.7 Å². The molecule has 3 heteroatoms. The van der Waals surface area contributed by atoms with Gasteiger partial charge in [-0.1, -0.05) is 31.8 Å². The Kier molecular flexibility index (Phi) is 5.21. The van der Waals surface area contributed by atoms with Crippen LogP contribution in [0.4, 0.5) is 0 Å². The van der Waals surface area contributed by atoms with E-state index in [2.05, 4.69) is 18.0 Å². The highest BCUT2D eigenvalue weighted by Crippen LogP contribution is 2.34. The first-order valence-electron chi connectivity index (χ1n) is 6.48. The maximum atomic E-state index is 12.2. The number of nitrogens with zero attached hydrogens (tertiary/aromatic N) is 1. The van der Waals surface area contributed by atoms with Crippen molar-refractivity contribution in [2.45, 2.75) is 57.9 Å². The molecule has 1 rings (SSSR count).